The number of aromatic nitrogens is 2. The fourth-order valence-corrected chi connectivity index (χ4v) is 1.79. The monoisotopic (exact) mass is 257 g/mol. The van der Waals surface area contributed by atoms with Crippen LogP contribution in [0.25, 0.3) is 0 Å². The van der Waals surface area contributed by atoms with Crippen molar-refractivity contribution in [1.82, 2.24) is 15.1 Å². The minimum atomic E-state index is -0.0848. The van der Waals surface area contributed by atoms with Crippen LogP contribution in [-0.4, -0.2) is 28.5 Å². The first-order valence-electron chi connectivity index (χ1n) is 6.07. The molecule has 0 atom stereocenters. The van der Waals surface area contributed by atoms with Gasteiger partial charge in [0.05, 0.1) is 18.3 Å². The van der Waals surface area contributed by atoms with E-state index in [9.17, 15) is 9.59 Å². The largest absolute Gasteiger partial charge is 0.352 e. The topological polar surface area (TPSA) is 64.0 Å². The van der Waals surface area contributed by atoms with Crippen LogP contribution in [0, 0.1) is 0 Å². The predicted octanol–water partition coefficient (Wildman–Crippen LogP) is 1.49. The van der Waals surface area contributed by atoms with Gasteiger partial charge in [0.25, 0.3) is 5.91 Å². The summed E-state index contributed by atoms with van der Waals surface area (Å²) < 4.78 is 1.67. The second-order valence-corrected chi connectivity index (χ2v) is 4.15. The molecule has 0 saturated heterocycles. The molecule has 1 amide bonds. The average Bonchev–Trinajstić information content (AvgIpc) is 2.87. The van der Waals surface area contributed by atoms with Crippen LogP contribution in [0.2, 0.25) is 0 Å². The van der Waals surface area contributed by atoms with Gasteiger partial charge in [0.2, 0.25) is 0 Å². The summed E-state index contributed by atoms with van der Waals surface area (Å²) in [5.41, 5.74) is 2.13. The molecule has 0 spiro atoms. The fourth-order valence-electron chi connectivity index (χ4n) is 1.79. The Bertz CT molecular complexity index is 590. The van der Waals surface area contributed by atoms with E-state index >= 15 is 0 Å². The molecule has 2 rings (SSSR count). The fraction of sp³-hybridized carbons (Fsp3) is 0.214. The molecule has 19 heavy (non-hydrogen) atoms. The number of nitrogens with zero attached hydrogens (tertiary/aromatic N) is 2. The van der Waals surface area contributed by atoms with E-state index in [2.05, 4.69) is 10.4 Å². The molecule has 0 aliphatic carbocycles. The Morgan fingerprint density at radius 3 is 3.00 bits per heavy atom. The molecule has 0 bridgehead atoms. The van der Waals surface area contributed by atoms with Crippen LogP contribution in [0.15, 0.2) is 36.7 Å². The lowest BCUT2D eigenvalue weighted by Crippen LogP contribution is -2.22. The van der Waals surface area contributed by atoms with Crippen molar-refractivity contribution in [1.29, 1.82) is 0 Å². The first-order chi connectivity index (χ1) is 9.22. The third-order valence-electron chi connectivity index (χ3n) is 2.66. The van der Waals surface area contributed by atoms with E-state index in [1.807, 2.05) is 25.1 Å². The standard InChI is InChI=1S/C14H15N3O2/c1-2-15-14(19)13-5-3-4-11(6-13)8-17-9-12(10-18)7-16-17/h3-7,9-10H,2,8H2,1H3,(H,15,19). The minimum absolute atomic E-state index is 0.0848. The molecule has 1 heterocycles. The van der Waals surface area contributed by atoms with Gasteiger partial charge in [-0.2, -0.15) is 5.10 Å². The highest BCUT2D eigenvalue weighted by molar-refractivity contribution is 5.94. The molecule has 0 radical (unpaired) electrons. The highest BCUT2D eigenvalue weighted by atomic mass is 16.1. The predicted molar refractivity (Wildman–Crippen MR) is 71.2 cm³/mol. The molecule has 0 aliphatic rings. The van der Waals surface area contributed by atoms with Crippen LogP contribution < -0.4 is 5.32 Å². The maximum atomic E-state index is 11.7. The molecule has 1 aromatic heterocycles. The van der Waals surface area contributed by atoms with Crippen molar-refractivity contribution in [3.8, 4) is 0 Å². The Morgan fingerprint density at radius 1 is 1.47 bits per heavy atom. The Morgan fingerprint density at radius 2 is 2.32 bits per heavy atom. The van der Waals surface area contributed by atoms with Gasteiger partial charge >= 0.3 is 0 Å². The summed E-state index contributed by atoms with van der Waals surface area (Å²) in [5, 5.41) is 6.84. The van der Waals surface area contributed by atoms with Crippen molar-refractivity contribution >= 4 is 12.2 Å². The summed E-state index contributed by atoms with van der Waals surface area (Å²) in [6.45, 7) is 3.01. The van der Waals surface area contributed by atoms with Crippen LogP contribution in [0.5, 0.6) is 0 Å². The summed E-state index contributed by atoms with van der Waals surface area (Å²) in [4.78, 5) is 22.3. The molecule has 5 nitrogen and oxygen atoms in total. The van der Waals surface area contributed by atoms with Crippen molar-refractivity contribution in [3.63, 3.8) is 0 Å². The van der Waals surface area contributed by atoms with Crippen molar-refractivity contribution in [3.05, 3.63) is 53.3 Å². The van der Waals surface area contributed by atoms with E-state index in [-0.39, 0.29) is 5.91 Å². The maximum absolute atomic E-state index is 11.7. The average molecular weight is 257 g/mol. The number of hydrogen-bond acceptors (Lipinski definition) is 3. The molecule has 98 valence electrons. The van der Waals surface area contributed by atoms with Gasteiger partial charge in [0.1, 0.15) is 0 Å². The quantitative estimate of drug-likeness (QED) is 0.825. The van der Waals surface area contributed by atoms with Crippen LogP contribution in [-0.2, 0) is 6.54 Å². The van der Waals surface area contributed by atoms with Gasteiger partial charge in [0.15, 0.2) is 6.29 Å². The third-order valence-corrected chi connectivity index (χ3v) is 2.66. The first-order valence-corrected chi connectivity index (χ1v) is 6.07. The Balaban J connectivity index is 2.14. The van der Waals surface area contributed by atoms with Crippen LogP contribution in [0.1, 0.15) is 33.2 Å². The molecule has 1 N–H and O–H groups in total. The van der Waals surface area contributed by atoms with Gasteiger partial charge in [-0.3, -0.25) is 14.3 Å². The molecule has 5 heteroatoms. The third kappa shape index (κ3) is 3.28. The number of benzene rings is 1. The number of nitrogens with one attached hydrogen (secondary N) is 1. The van der Waals surface area contributed by atoms with Gasteiger partial charge in [-0.15, -0.1) is 0 Å². The number of rotatable bonds is 5. The SMILES string of the molecule is CCNC(=O)c1cccc(Cn2cc(C=O)cn2)c1. The molecular weight excluding hydrogens is 242 g/mol. The van der Waals surface area contributed by atoms with Crippen molar-refractivity contribution in [2.75, 3.05) is 6.54 Å². The van der Waals surface area contributed by atoms with E-state index in [0.717, 1.165) is 11.8 Å². The van der Waals surface area contributed by atoms with E-state index in [0.29, 0.717) is 24.2 Å². The second kappa shape index (κ2) is 5.95. The molecule has 0 aliphatic heterocycles. The van der Waals surface area contributed by atoms with Gasteiger partial charge in [-0.05, 0) is 24.6 Å². The lowest BCUT2D eigenvalue weighted by atomic mass is 10.1. The minimum Gasteiger partial charge on any atom is -0.352 e. The zero-order chi connectivity index (χ0) is 13.7. The summed E-state index contributed by atoms with van der Waals surface area (Å²) in [5.74, 6) is -0.0848. The summed E-state index contributed by atoms with van der Waals surface area (Å²) in [6.07, 6.45) is 3.95. The number of carbonyl (C=O) groups excluding carboxylic acids is 2. The number of hydrogen-bond donors (Lipinski definition) is 1. The van der Waals surface area contributed by atoms with Crippen LogP contribution in [0.4, 0.5) is 0 Å². The van der Waals surface area contributed by atoms with Crippen LogP contribution >= 0.6 is 0 Å². The number of aldehydes is 1. The zero-order valence-corrected chi connectivity index (χ0v) is 10.7. The second-order valence-electron chi connectivity index (χ2n) is 4.15. The van der Waals surface area contributed by atoms with E-state index < -0.39 is 0 Å². The van der Waals surface area contributed by atoms with Gasteiger partial charge < -0.3 is 5.32 Å². The van der Waals surface area contributed by atoms with Gasteiger partial charge in [0, 0.05) is 18.3 Å². The summed E-state index contributed by atoms with van der Waals surface area (Å²) in [6, 6.07) is 7.36. The smallest absolute Gasteiger partial charge is 0.251 e. The lowest BCUT2D eigenvalue weighted by Gasteiger charge is -2.05. The molecule has 2 aromatic rings. The van der Waals surface area contributed by atoms with Gasteiger partial charge in [-0.1, -0.05) is 12.1 Å². The lowest BCUT2D eigenvalue weighted by molar-refractivity contribution is 0.0955. The Hall–Kier alpha value is -2.43. The Kier molecular flexibility index (Phi) is 4.07. The van der Waals surface area contributed by atoms with E-state index in [1.54, 1.807) is 16.9 Å². The maximum Gasteiger partial charge on any atom is 0.251 e. The Labute approximate surface area is 111 Å². The van der Waals surface area contributed by atoms with Crippen molar-refractivity contribution < 1.29 is 9.59 Å². The first kappa shape index (κ1) is 13.0. The number of carbonyl (C=O) groups is 2. The van der Waals surface area contributed by atoms with E-state index in [4.69, 9.17) is 0 Å². The molecule has 1 aromatic carbocycles. The van der Waals surface area contributed by atoms with Crippen LogP contribution in [0.3, 0.4) is 0 Å². The van der Waals surface area contributed by atoms with E-state index in [1.165, 1.54) is 6.20 Å². The highest BCUT2D eigenvalue weighted by Gasteiger charge is 2.05. The summed E-state index contributed by atoms with van der Waals surface area (Å²) >= 11 is 0. The number of amides is 1. The molecule has 0 unspecified atom stereocenters. The molecule has 0 saturated carbocycles. The normalized spacial score (nSPS) is 10.2. The molecule has 0 fully saturated rings. The van der Waals surface area contributed by atoms with Crippen molar-refractivity contribution in [2.45, 2.75) is 13.5 Å². The zero-order valence-electron chi connectivity index (χ0n) is 10.7. The van der Waals surface area contributed by atoms with Crippen molar-refractivity contribution in [2.24, 2.45) is 0 Å². The highest BCUT2D eigenvalue weighted by Crippen LogP contribution is 2.07. The summed E-state index contributed by atoms with van der Waals surface area (Å²) in [7, 11) is 0. The molecular formula is C14H15N3O2. The van der Waals surface area contributed by atoms with Gasteiger partial charge in [-0.25, -0.2) is 0 Å².